The molecule has 0 bridgehead atoms. The summed E-state index contributed by atoms with van der Waals surface area (Å²) in [5.74, 6) is 0.976. The van der Waals surface area contributed by atoms with Crippen LogP contribution in [0.25, 0.3) is 11.5 Å². The fourth-order valence-electron chi connectivity index (χ4n) is 3.26. The maximum absolute atomic E-state index is 13.0. The van der Waals surface area contributed by atoms with E-state index in [9.17, 15) is 4.39 Å². The van der Waals surface area contributed by atoms with E-state index in [0.29, 0.717) is 18.9 Å². The molecule has 0 saturated carbocycles. The molecule has 2 heterocycles. The van der Waals surface area contributed by atoms with Gasteiger partial charge in [0.05, 0.1) is 18.9 Å². The van der Waals surface area contributed by atoms with E-state index in [-0.39, 0.29) is 11.4 Å². The molecule has 0 aliphatic carbocycles. The van der Waals surface area contributed by atoms with E-state index in [0.717, 1.165) is 50.1 Å². The van der Waals surface area contributed by atoms with E-state index in [4.69, 9.17) is 9.15 Å². The number of hydrogen-bond donors (Lipinski definition) is 2. The topological polar surface area (TPSA) is 74.9 Å². The molecule has 0 radical (unpaired) electrons. The van der Waals surface area contributed by atoms with Crippen LogP contribution < -0.4 is 10.6 Å². The van der Waals surface area contributed by atoms with Crippen LogP contribution in [0.4, 0.5) is 4.39 Å². The number of ether oxygens (including phenoxy) is 1. The highest BCUT2D eigenvalue weighted by Gasteiger charge is 2.28. The number of oxazole rings is 1. The molecule has 7 nitrogen and oxygen atoms in total. The third-order valence-corrected chi connectivity index (χ3v) is 5.10. The first-order valence-corrected chi connectivity index (χ1v) is 9.95. The Balaban J connectivity index is 1.44. The van der Waals surface area contributed by atoms with E-state index in [2.05, 4.69) is 39.4 Å². The number of rotatable bonds is 7. The highest BCUT2D eigenvalue weighted by molar-refractivity contribution is 5.79. The Morgan fingerprint density at radius 2 is 1.93 bits per heavy atom. The van der Waals surface area contributed by atoms with Crippen LogP contribution in [0, 0.1) is 5.82 Å². The van der Waals surface area contributed by atoms with Crippen LogP contribution in [0.3, 0.4) is 0 Å². The van der Waals surface area contributed by atoms with Gasteiger partial charge < -0.3 is 19.8 Å². The summed E-state index contributed by atoms with van der Waals surface area (Å²) in [5, 5.41) is 6.72. The maximum Gasteiger partial charge on any atom is 0.226 e. The summed E-state index contributed by atoms with van der Waals surface area (Å²) in [6, 6.07) is 6.11. The molecule has 0 amide bonds. The van der Waals surface area contributed by atoms with Crippen molar-refractivity contribution >= 4 is 5.96 Å². The van der Waals surface area contributed by atoms with Gasteiger partial charge in [0, 0.05) is 50.7 Å². The van der Waals surface area contributed by atoms with Crippen LogP contribution in [0.1, 0.15) is 19.5 Å². The molecule has 2 N–H and O–H groups in total. The lowest BCUT2D eigenvalue weighted by Gasteiger charge is -2.41. The lowest BCUT2D eigenvalue weighted by molar-refractivity contribution is -0.00833. The zero-order valence-corrected chi connectivity index (χ0v) is 17.4. The Labute approximate surface area is 171 Å². The smallest absolute Gasteiger partial charge is 0.226 e. The fraction of sp³-hybridized carbons (Fsp3) is 0.524. The lowest BCUT2D eigenvalue weighted by Crippen LogP contribution is -2.56. The van der Waals surface area contributed by atoms with Crippen LogP contribution in [0.5, 0.6) is 0 Å². The molecule has 1 aromatic carbocycles. The molecular weight excluding hydrogens is 373 g/mol. The molecule has 1 saturated heterocycles. The minimum Gasteiger partial charge on any atom is -0.444 e. The molecule has 158 valence electrons. The standard InChI is InChI=1S/C21H30FN5O2/c1-21(2,27-10-12-28-13-11-27)15-25-20(23-3)24-9-8-18-14-29-19(26-18)16-4-6-17(22)7-5-16/h4-7,14H,8-13,15H2,1-3H3,(H2,23,24,25). The largest absolute Gasteiger partial charge is 0.444 e. The number of halogens is 1. The van der Waals surface area contributed by atoms with Crippen molar-refractivity contribution < 1.29 is 13.5 Å². The molecule has 1 aliphatic heterocycles. The second kappa shape index (κ2) is 9.84. The van der Waals surface area contributed by atoms with Gasteiger partial charge in [0.1, 0.15) is 12.1 Å². The van der Waals surface area contributed by atoms with Gasteiger partial charge in [0.15, 0.2) is 5.96 Å². The second-order valence-corrected chi connectivity index (χ2v) is 7.67. The number of aliphatic imine (C=N–C) groups is 1. The van der Waals surface area contributed by atoms with Crippen molar-refractivity contribution in [2.45, 2.75) is 25.8 Å². The van der Waals surface area contributed by atoms with Crippen molar-refractivity contribution in [2.75, 3.05) is 46.4 Å². The molecule has 8 heteroatoms. The van der Waals surface area contributed by atoms with Crippen LogP contribution in [0.2, 0.25) is 0 Å². The van der Waals surface area contributed by atoms with E-state index >= 15 is 0 Å². The third-order valence-electron chi connectivity index (χ3n) is 5.10. The number of guanidine groups is 1. The number of benzene rings is 1. The first-order valence-electron chi connectivity index (χ1n) is 9.95. The Morgan fingerprint density at radius 3 is 2.62 bits per heavy atom. The van der Waals surface area contributed by atoms with Gasteiger partial charge >= 0.3 is 0 Å². The third kappa shape index (κ3) is 6.01. The average molecular weight is 404 g/mol. The van der Waals surface area contributed by atoms with Gasteiger partial charge in [-0.2, -0.15) is 0 Å². The van der Waals surface area contributed by atoms with Crippen molar-refractivity contribution in [3.8, 4) is 11.5 Å². The molecule has 1 aromatic heterocycles. The SMILES string of the molecule is CN=C(NCCc1coc(-c2ccc(F)cc2)n1)NCC(C)(C)N1CCOCC1. The van der Waals surface area contributed by atoms with Crippen LogP contribution in [-0.4, -0.2) is 67.8 Å². The predicted molar refractivity (Wildman–Crippen MR) is 111 cm³/mol. The van der Waals surface area contributed by atoms with Gasteiger partial charge in [0.2, 0.25) is 5.89 Å². The minimum atomic E-state index is -0.277. The number of nitrogens with zero attached hydrogens (tertiary/aromatic N) is 3. The molecule has 1 fully saturated rings. The van der Waals surface area contributed by atoms with Crippen LogP contribution in [0.15, 0.2) is 39.9 Å². The Hall–Kier alpha value is -2.45. The normalized spacial score (nSPS) is 16.1. The highest BCUT2D eigenvalue weighted by atomic mass is 19.1. The first-order chi connectivity index (χ1) is 14.0. The van der Waals surface area contributed by atoms with E-state index in [1.807, 2.05) is 0 Å². The highest BCUT2D eigenvalue weighted by Crippen LogP contribution is 2.19. The summed E-state index contributed by atoms with van der Waals surface area (Å²) in [5.41, 5.74) is 1.60. The quantitative estimate of drug-likeness (QED) is 0.546. The van der Waals surface area contributed by atoms with E-state index in [1.54, 1.807) is 25.4 Å². The number of morpholine rings is 1. The zero-order valence-electron chi connectivity index (χ0n) is 17.4. The molecule has 0 unspecified atom stereocenters. The number of nitrogens with one attached hydrogen (secondary N) is 2. The summed E-state index contributed by atoms with van der Waals surface area (Å²) >= 11 is 0. The van der Waals surface area contributed by atoms with Crippen molar-refractivity contribution in [3.63, 3.8) is 0 Å². The second-order valence-electron chi connectivity index (χ2n) is 7.67. The van der Waals surface area contributed by atoms with Gasteiger partial charge in [-0.25, -0.2) is 9.37 Å². The Bertz CT molecular complexity index is 798. The lowest BCUT2D eigenvalue weighted by atomic mass is 10.0. The molecular formula is C21H30FN5O2. The van der Waals surface area contributed by atoms with Gasteiger partial charge in [-0.15, -0.1) is 0 Å². The molecule has 0 atom stereocenters. The van der Waals surface area contributed by atoms with E-state index < -0.39 is 0 Å². The maximum atomic E-state index is 13.0. The number of hydrogen-bond acceptors (Lipinski definition) is 5. The molecule has 1 aliphatic rings. The monoisotopic (exact) mass is 403 g/mol. The Morgan fingerprint density at radius 1 is 1.21 bits per heavy atom. The predicted octanol–water partition coefficient (Wildman–Crippen LogP) is 2.30. The van der Waals surface area contributed by atoms with Gasteiger partial charge in [0.25, 0.3) is 0 Å². The van der Waals surface area contributed by atoms with Gasteiger partial charge in [-0.3, -0.25) is 9.89 Å². The molecule has 2 aromatic rings. The van der Waals surface area contributed by atoms with Crippen LogP contribution >= 0.6 is 0 Å². The molecule has 29 heavy (non-hydrogen) atoms. The van der Waals surface area contributed by atoms with Gasteiger partial charge in [-0.05, 0) is 38.1 Å². The summed E-state index contributed by atoms with van der Waals surface area (Å²) in [4.78, 5) is 11.2. The first kappa shape index (κ1) is 21.3. The molecule has 0 spiro atoms. The van der Waals surface area contributed by atoms with E-state index in [1.165, 1.54) is 12.1 Å². The van der Waals surface area contributed by atoms with Gasteiger partial charge in [-0.1, -0.05) is 0 Å². The summed E-state index contributed by atoms with van der Waals surface area (Å²) in [6.07, 6.45) is 2.33. The van der Waals surface area contributed by atoms with Crippen LogP contribution in [-0.2, 0) is 11.2 Å². The van der Waals surface area contributed by atoms with Crippen molar-refractivity contribution in [1.82, 2.24) is 20.5 Å². The zero-order chi connectivity index (χ0) is 20.7. The van der Waals surface area contributed by atoms with Crippen molar-refractivity contribution in [3.05, 3.63) is 42.0 Å². The summed E-state index contributed by atoms with van der Waals surface area (Å²) < 4.78 is 24.0. The van der Waals surface area contributed by atoms with Crippen molar-refractivity contribution in [1.29, 1.82) is 0 Å². The Kier molecular flexibility index (Phi) is 7.22. The summed E-state index contributed by atoms with van der Waals surface area (Å²) in [6.45, 7) is 9.38. The minimum absolute atomic E-state index is 0.0115. The summed E-state index contributed by atoms with van der Waals surface area (Å²) in [7, 11) is 1.76. The average Bonchev–Trinajstić information content (AvgIpc) is 3.20. The number of aromatic nitrogens is 1. The fourth-order valence-corrected chi connectivity index (χ4v) is 3.26. The van der Waals surface area contributed by atoms with Crippen molar-refractivity contribution in [2.24, 2.45) is 4.99 Å². The molecule has 3 rings (SSSR count).